The van der Waals surface area contributed by atoms with Crippen LogP contribution in [-0.2, 0) is 4.74 Å². The minimum atomic E-state index is 0.248. The average molecular weight is 273 g/mol. The standard InChI is InChI=1S/C18H27NO/c1-4-20-16-12-15(18(16,2)3)19-17(14-10-11-14)13-8-6-5-7-9-13/h5-9,14-17,19H,4,10-12H2,1-3H3. The van der Waals surface area contributed by atoms with E-state index in [2.05, 4.69) is 56.4 Å². The molecule has 110 valence electrons. The molecule has 1 aromatic carbocycles. The molecule has 0 aromatic heterocycles. The van der Waals surface area contributed by atoms with Gasteiger partial charge < -0.3 is 10.1 Å². The molecule has 2 aliphatic carbocycles. The predicted molar refractivity (Wildman–Crippen MR) is 82.6 cm³/mol. The molecule has 0 aliphatic heterocycles. The van der Waals surface area contributed by atoms with Gasteiger partial charge in [-0.1, -0.05) is 44.2 Å². The van der Waals surface area contributed by atoms with E-state index in [0.29, 0.717) is 18.2 Å². The van der Waals surface area contributed by atoms with Crippen LogP contribution in [0.15, 0.2) is 30.3 Å². The largest absolute Gasteiger partial charge is 0.378 e. The Hall–Kier alpha value is -0.860. The fourth-order valence-corrected chi connectivity index (χ4v) is 3.46. The Bertz CT molecular complexity index is 438. The van der Waals surface area contributed by atoms with E-state index in [1.54, 1.807) is 0 Å². The van der Waals surface area contributed by atoms with E-state index in [9.17, 15) is 0 Å². The molecule has 2 fully saturated rings. The monoisotopic (exact) mass is 273 g/mol. The van der Waals surface area contributed by atoms with Crippen molar-refractivity contribution >= 4 is 0 Å². The number of ether oxygens (including phenoxy) is 1. The summed E-state index contributed by atoms with van der Waals surface area (Å²) in [5, 5.41) is 3.93. The van der Waals surface area contributed by atoms with Crippen molar-refractivity contribution in [2.75, 3.05) is 6.61 Å². The Morgan fingerprint density at radius 1 is 1.25 bits per heavy atom. The van der Waals surface area contributed by atoms with Crippen molar-refractivity contribution in [2.24, 2.45) is 11.3 Å². The van der Waals surface area contributed by atoms with Crippen molar-refractivity contribution in [2.45, 2.75) is 58.2 Å². The zero-order chi connectivity index (χ0) is 14.2. The number of benzene rings is 1. The molecule has 2 heteroatoms. The highest BCUT2D eigenvalue weighted by atomic mass is 16.5. The molecule has 0 bridgehead atoms. The summed E-state index contributed by atoms with van der Waals surface area (Å²) in [5.74, 6) is 0.833. The van der Waals surface area contributed by atoms with Gasteiger partial charge in [-0.05, 0) is 37.7 Å². The SMILES string of the molecule is CCOC1CC(NC(c2ccccc2)C2CC2)C1(C)C. The number of hydrogen-bond donors (Lipinski definition) is 1. The first-order chi connectivity index (χ1) is 9.63. The summed E-state index contributed by atoms with van der Waals surface area (Å²) in [7, 11) is 0. The lowest BCUT2D eigenvalue weighted by Crippen LogP contribution is -2.61. The molecule has 2 saturated carbocycles. The van der Waals surface area contributed by atoms with Gasteiger partial charge in [0.1, 0.15) is 0 Å². The minimum absolute atomic E-state index is 0.248. The van der Waals surface area contributed by atoms with Gasteiger partial charge in [-0.15, -0.1) is 0 Å². The number of nitrogens with one attached hydrogen (secondary N) is 1. The topological polar surface area (TPSA) is 21.3 Å². The Kier molecular flexibility index (Phi) is 3.87. The first kappa shape index (κ1) is 14.1. The molecule has 20 heavy (non-hydrogen) atoms. The molecule has 0 heterocycles. The van der Waals surface area contributed by atoms with Crippen LogP contribution < -0.4 is 5.32 Å². The minimum Gasteiger partial charge on any atom is -0.378 e. The zero-order valence-electron chi connectivity index (χ0n) is 12.9. The summed E-state index contributed by atoms with van der Waals surface area (Å²) in [4.78, 5) is 0. The lowest BCUT2D eigenvalue weighted by atomic mass is 9.64. The van der Waals surface area contributed by atoms with E-state index in [4.69, 9.17) is 4.74 Å². The van der Waals surface area contributed by atoms with Gasteiger partial charge in [-0.25, -0.2) is 0 Å². The first-order valence-electron chi connectivity index (χ1n) is 8.05. The molecule has 0 amide bonds. The molecular weight excluding hydrogens is 246 g/mol. The summed E-state index contributed by atoms with van der Waals surface area (Å²) in [6.45, 7) is 7.59. The average Bonchev–Trinajstić information content (AvgIpc) is 3.27. The second-order valence-corrected chi connectivity index (χ2v) is 6.95. The maximum absolute atomic E-state index is 5.85. The normalized spacial score (nSPS) is 29.8. The van der Waals surface area contributed by atoms with Gasteiger partial charge in [-0.2, -0.15) is 0 Å². The highest BCUT2D eigenvalue weighted by Gasteiger charge is 2.50. The number of hydrogen-bond acceptors (Lipinski definition) is 2. The molecule has 3 unspecified atom stereocenters. The van der Waals surface area contributed by atoms with Crippen molar-refractivity contribution in [1.29, 1.82) is 0 Å². The molecule has 0 radical (unpaired) electrons. The summed E-state index contributed by atoms with van der Waals surface area (Å²) in [6, 6.07) is 12.0. The highest BCUT2D eigenvalue weighted by Crippen LogP contribution is 2.47. The van der Waals surface area contributed by atoms with Crippen LogP contribution >= 0.6 is 0 Å². The molecular formula is C18H27NO. The van der Waals surface area contributed by atoms with Crippen LogP contribution in [0.3, 0.4) is 0 Å². The first-order valence-corrected chi connectivity index (χ1v) is 8.05. The fourth-order valence-electron chi connectivity index (χ4n) is 3.46. The maximum atomic E-state index is 5.85. The molecule has 1 aromatic rings. The van der Waals surface area contributed by atoms with Crippen LogP contribution in [0.5, 0.6) is 0 Å². The van der Waals surface area contributed by atoms with Crippen molar-refractivity contribution < 1.29 is 4.74 Å². The molecule has 0 saturated heterocycles. The van der Waals surface area contributed by atoms with Gasteiger partial charge >= 0.3 is 0 Å². The van der Waals surface area contributed by atoms with E-state index >= 15 is 0 Å². The number of rotatable bonds is 6. The van der Waals surface area contributed by atoms with E-state index in [-0.39, 0.29) is 5.41 Å². The zero-order valence-corrected chi connectivity index (χ0v) is 12.9. The van der Waals surface area contributed by atoms with Gasteiger partial charge in [0.2, 0.25) is 0 Å². The van der Waals surface area contributed by atoms with Crippen LogP contribution in [0.2, 0.25) is 0 Å². The maximum Gasteiger partial charge on any atom is 0.0655 e. The van der Waals surface area contributed by atoms with E-state index in [1.807, 2.05) is 0 Å². The lowest BCUT2D eigenvalue weighted by Gasteiger charge is -2.53. The highest BCUT2D eigenvalue weighted by molar-refractivity contribution is 5.22. The quantitative estimate of drug-likeness (QED) is 0.848. The van der Waals surface area contributed by atoms with E-state index < -0.39 is 0 Å². The Morgan fingerprint density at radius 2 is 1.95 bits per heavy atom. The van der Waals surface area contributed by atoms with Crippen LogP contribution in [0.1, 0.15) is 51.6 Å². The third-order valence-electron chi connectivity index (χ3n) is 5.18. The molecule has 0 spiro atoms. The molecule has 1 N–H and O–H groups in total. The Balaban J connectivity index is 1.67. The van der Waals surface area contributed by atoms with Crippen molar-refractivity contribution in [1.82, 2.24) is 5.32 Å². The van der Waals surface area contributed by atoms with Crippen LogP contribution in [0.4, 0.5) is 0 Å². The third-order valence-corrected chi connectivity index (χ3v) is 5.18. The van der Waals surface area contributed by atoms with Crippen molar-refractivity contribution in [3.05, 3.63) is 35.9 Å². The van der Waals surface area contributed by atoms with Crippen LogP contribution in [0.25, 0.3) is 0 Å². The summed E-state index contributed by atoms with van der Waals surface area (Å²) < 4.78 is 5.85. The van der Waals surface area contributed by atoms with Gasteiger partial charge in [0.05, 0.1) is 6.10 Å². The summed E-state index contributed by atoms with van der Waals surface area (Å²) in [6.07, 6.45) is 4.31. The molecule has 3 rings (SSSR count). The van der Waals surface area contributed by atoms with Gasteiger partial charge in [0, 0.05) is 24.1 Å². The molecule has 2 nitrogen and oxygen atoms in total. The second kappa shape index (κ2) is 5.50. The smallest absolute Gasteiger partial charge is 0.0655 e. The fraction of sp³-hybridized carbons (Fsp3) is 0.667. The van der Waals surface area contributed by atoms with Crippen molar-refractivity contribution in [3.63, 3.8) is 0 Å². The molecule has 3 atom stereocenters. The Labute approximate surface area is 122 Å². The second-order valence-electron chi connectivity index (χ2n) is 6.95. The summed E-state index contributed by atoms with van der Waals surface area (Å²) >= 11 is 0. The van der Waals surface area contributed by atoms with E-state index in [0.717, 1.165) is 18.9 Å². The predicted octanol–water partition coefficient (Wildman–Crippen LogP) is 3.93. The van der Waals surface area contributed by atoms with Crippen LogP contribution in [0, 0.1) is 11.3 Å². The van der Waals surface area contributed by atoms with Gasteiger partial charge in [0.15, 0.2) is 0 Å². The van der Waals surface area contributed by atoms with Gasteiger partial charge in [-0.3, -0.25) is 0 Å². The van der Waals surface area contributed by atoms with Gasteiger partial charge in [0.25, 0.3) is 0 Å². The van der Waals surface area contributed by atoms with E-state index in [1.165, 1.54) is 18.4 Å². The Morgan fingerprint density at radius 3 is 2.50 bits per heavy atom. The van der Waals surface area contributed by atoms with Crippen molar-refractivity contribution in [3.8, 4) is 0 Å². The summed E-state index contributed by atoms with van der Waals surface area (Å²) in [5.41, 5.74) is 1.70. The van der Waals surface area contributed by atoms with Crippen LogP contribution in [-0.4, -0.2) is 18.8 Å². The third kappa shape index (κ3) is 2.64. The molecule has 2 aliphatic rings. The lowest BCUT2D eigenvalue weighted by molar-refractivity contribution is -0.117.